The van der Waals surface area contributed by atoms with Gasteiger partial charge in [0.1, 0.15) is 0 Å². The normalized spacial score (nSPS) is 13.2. The van der Waals surface area contributed by atoms with Crippen molar-refractivity contribution in [1.82, 2.24) is 0 Å². The molecule has 12 heavy (non-hydrogen) atoms. The van der Waals surface area contributed by atoms with E-state index in [9.17, 15) is 0 Å². The summed E-state index contributed by atoms with van der Waals surface area (Å²) in [5, 5.41) is 8.53. The van der Waals surface area contributed by atoms with Gasteiger partial charge in [-0.3, -0.25) is 0 Å². The van der Waals surface area contributed by atoms with E-state index >= 15 is 0 Å². The summed E-state index contributed by atoms with van der Waals surface area (Å²) < 4.78 is 0. The van der Waals surface area contributed by atoms with Crippen molar-refractivity contribution in [2.75, 3.05) is 12.5 Å². The molecule has 2 heteroatoms. The molecule has 0 spiro atoms. The molecule has 0 aromatic heterocycles. The first-order valence-corrected chi connectivity index (χ1v) is 5.51. The molecule has 0 heterocycles. The van der Waals surface area contributed by atoms with Gasteiger partial charge in [0.15, 0.2) is 0 Å². The highest BCUT2D eigenvalue weighted by molar-refractivity contribution is 6.18. The van der Waals surface area contributed by atoms with E-state index in [0.717, 1.165) is 12.3 Å². The van der Waals surface area contributed by atoms with Gasteiger partial charge in [0.2, 0.25) is 0 Å². The molecule has 0 unspecified atom stereocenters. The predicted octanol–water partition coefficient (Wildman–Crippen LogP) is 3.19. The fourth-order valence-corrected chi connectivity index (χ4v) is 1.37. The fourth-order valence-electron chi connectivity index (χ4n) is 1.21. The quantitative estimate of drug-likeness (QED) is 0.463. The highest BCUT2D eigenvalue weighted by atomic mass is 35.5. The van der Waals surface area contributed by atoms with Gasteiger partial charge >= 0.3 is 0 Å². The summed E-state index contributed by atoms with van der Waals surface area (Å²) in [6.45, 7) is 2.54. The molecule has 0 bridgehead atoms. The van der Waals surface area contributed by atoms with Crippen LogP contribution in [0.5, 0.6) is 0 Å². The third-order valence-electron chi connectivity index (χ3n) is 2.12. The van der Waals surface area contributed by atoms with E-state index in [1.807, 2.05) is 0 Å². The molecular weight excluding hydrogens is 172 g/mol. The number of unbranched alkanes of at least 4 members (excludes halogenated alkanes) is 4. The van der Waals surface area contributed by atoms with Crippen molar-refractivity contribution in [3.63, 3.8) is 0 Å². The zero-order valence-corrected chi connectivity index (χ0v) is 8.82. The fraction of sp³-hybridized carbons (Fsp3) is 1.00. The van der Waals surface area contributed by atoms with Gasteiger partial charge in [-0.2, -0.15) is 0 Å². The van der Waals surface area contributed by atoms with Crippen LogP contribution in [0.2, 0.25) is 0 Å². The minimum atomic E-state index is 0.345. The number of aliphatic hydroxyl groups excluding tert-OH is 1. The summed E-state index contributed by atoms with van der Waals surface area (Å²) in [6.07, 6.45) is 7.23. The SMILES string of the molecule is C[C@@H](CCl)CCCCCCCO. The van der Waals surface area contributed by atoms with Crippen LogP contribution >= 0.6 is 11.6 Å². The molecule has 0 saturated heterocycles. The van der Waals surface area contributed by atoms with E-state index in [1.54, 1.807) is 0 Å². The largest absolute Gasteiger partial charge is 0.396 e. The Hall–Kier alpha value is 0.250. The van der Waals surface area contributed by atoms with E-state index < -0.39 is 0 Å². The van der Waals surface area contributed by atoms with Crippen molar-refractivity contribution < 1.29 is 5.11 Å². The van der Waals surface area contributed by atoms with Crippen LogP contribution < -0.4 is 0 Å². The second kappa shape index (κ2) is 9.34. The van der Waals surface area contributed by atoms with Crippen molar-refractivity contribution in [3.05, 3.63) is 0 Å². The Balaban J connectivity index is 2.90. The Morgan fingerprint density at radius 2 is 1.67 bits per heavy atom. The maximum absolute atomic E-state index is 8.53. The van der Waals surface area contributed by atoms with Crippen LogP contribution in [-0.2, 0) is 0 Å². The minimum absolute atomic E-state index is 0.345. The number of halogens is 1. The highest BCUT2D eigenvalue weighted by Gasteiger charge is 1.98. The first kappa shape index (κ1) is 12.2. The molecule has 74 valence electrons. The molecule has 0 aliphatic heterocycles. The van der Waals surface area contributed by atoms with Crippen molar-refractivity contribution in [3.8, 4) is 0 Å². The third kappa shape index (κ3) is 8.35. The average Bonchev–Trinajstić information content (AvgIpc) is 2.10. The minimum Gasteiger partial charge on any atom is -0.396 e. The zero-order chi connectivity index (χ0) is 9.23. The summed E-state index contributed by atoms with van der Waals surface area (Å²) in [5.41, 5.74) is 0. The Bertz CT molecular complexity index is 85.9. The second-order valence-corrected chi connectivity index (χ2v) is 3.85. The van der Waals surface area contributed by atoms with Gasteiger partial charge in [0.05, 0.1) is 0 Å². The second-order valence-electron chi connectivity index (χ2n) is 3.54. The number of alkyl halides is 1. The summed E-state index contributed by atoms with van der Waals surface area (Å²) in [7, 11) is 0. The molecule has 0 saturated carbocycles. The van der Waals surface area contributed by atoms with E-state index in [1.165, 1.54) is 32.1 Å². The molecule has 0 fully saturated rings. The van der Waals surface area contributed by atoms with Crippen LogP contribution in [-0.4, -0.2) is 17.6 Å². The van der Waals surface area contributed by atoms with Gasteiger partial charge in [0.25, 0.3) is 0 Å². The molecule has 0 aliphatic carbocycles. The van der Waals surface area contributed by atoms with Gasteiger partial charge in [-0.15, -0.1) is 11.6 Å². The van der Waals surface area contributed by atoms with Crippen molar-refractivity contribution in [2.24, 2.45) is 5.92 Å². The molecule has 0 rings (SSSR count). The maximum Gasteiger partial charge on any atom is 0.0431 e. The van der Waals surface area contributed by atoms with Crippen LogP contribution in [0.4, 0.5) is 0 Å². The monoisotopic (exact) mass is 192 g/mol. The van der Waals surface area contributed by atoms with Gasteiger partial charge in [-0.25, -0.2) is 0 Å². The number of aliphatic hydroxyl groups is 1. The maximum atomic E-state index is 8.53. The lowest BCUT2D eigenvalue weighted by molar-refractivity contribution is 0.282. The highest BCUT2D eigenvalue weighted by Crippen LogP contribution is 2.11. The number of hydrogen-bond donors (Lipinski definition) is 1. The summed E-state index contributed by atoms with van der Waals surface area (Å²) in [6, 6.07) is 0. The first-order chi connectivity index (χ1) is 5.81. The van der Waals surface area contributed by atoms with Crippen molar-refractivity contribution in [1.29, 1.82) is 0 Å². The van der Waals surface area contributed by atoms with Crippen LogP contribution in [0.1, 0.15) is 45.4 Å². The summed E-state index contributed by atoms with van der Waals surface area (Å²) >= 11 is 5.68. The first-order valence-electron chi connectivity index (χ1n) is 4.98. The molecule has 0 aliphatic rings. The Morgan fingerprint density at radius 1 is 1.08 bits per heavy atom. The van der Waals surface area contributed by atoms with E-state index in [-0.39, 0.29) is 0 Å². The van der Waals surface area contributed by atoms with Gasteiger partial charge < -0.3 is 5.11 Å². The Morgan fingerprint density at radius 3 is 2.25 bits per heavy atom. The lowest BCUT2D eigenvalue weighted by Gasteiger charge is -2.05. The lowest BCUT2D eigenvalue weighted by atomic mass is 10.0. The average molecular weight is 193 g/mol. The van der Waals surface area contributed by atoms with Crippen molar-refractivity contribution in [2.45, 2.75) is 45.4 Å². The summed E-state index contributed by atoms with van der Waals surface area (Å²) in [4.78, 5) is 0. The molecule has 0 aromatic rings. The standard InChI is InChI=1S/C10H21ClO/c1-10(9-11)7-5-3-2-4-6-8-12/h10,12H,2-9H2,1H3/t10-/m1/s1. The van der Waals surface area contributed by atoms with Crippen LogP contribution in [0, 0.1) is 5.92 Å². The Kier molecular flexibility index (Phi) is 9.53. The van der Waals surface area contributed by atoms with Crippen LogP contribution in [0.3, 0.4) is 0 Å². The van der Waals surface area contributed by atoms with Gasteiger partial charge in [0, 0.05) is 12.5 Å². The molecule has 0 aromatic carbocycles. The van der Waals surface area contributed by atoms with Crippen LogP contribution in [0.15, 0.2) is 0 Å². The molecule has 1 nitrogen and oxygen atoms in total. The predicted molar refractivity (Wildman–Crippen MR) is 54.7 cm³/mol. The third-order valence-corrected chi connectivity index (χ3v) is 2.65. The molecule has 0 amide bonds. The molecule has 0 radical (unpaired) electrons. The van der Waals surface area contributed by atoms with E-state index in [0.29, 0.717) is 12.5 Å². The van der Waals surface area contributed by atoms with E-state index in [2.05, 4.69) is 6.92 Å². The van der Waals surface area contributed by atoms with Gasteiger partial charge in [-0.1, -0.05) is 32.6 Å². The Labute approximate surface area is 81.1 Å². The van der Waals surface area contributed by atoms with E-state index in [4.69, 9.17) is 16.7 Å². The van der Waals surface area contributed by atoms with Crippen LogP contribution in [0.25, 0.3) is 0 Å². The molecule has 1 N–H and O–H groups in total. The number of hydrogen-bond acceptors (Lipinski definition) is 1. The number of rotatable bonds is 8. The van der Waals surface area contributed by atoms with Gasteiger partial charge in [-0.05, 0) is 18.8 Å². The summed E-state index contributed by atoms with van der Waals surface area (Å²) in [5.74, 6) is 1.46. The lowest BCUT2D eigenvalue weighted by Crippen LogP contribution is -1.95. The topological polar surface area (TPSA) is 20.2 Å². The molecule has 1 atom stereocenters. The zero-order valence-electron chi connectivity index (χ0n) is 8.06. The molecular formula is C10H21ClO. The van der Waals surface area contributed by atoms with Crippen molar-refractivity contribution >= 4 is 11.6 Å². The smallest absolute Gasteiger partial charge is 0.0431 e.